The minimum Gasteiger partial charge on any atom is -0.478 e. The maximum absolute atomic E-state index is 12.8. The molecule has 0 bridgehead atoms. The van der Waals surface area contributed by atoms with Crippen LogP contribution in [0.1, 0.15) is 16.2 Å². The van der Waals surface area contributed by atoms with Crippen LogP contribution in [0.15, 0.2) is 18.2 Å². The van der Waals surface area contributed by atoms with Gasteiger partial charge in [0, 0.05) is 0 Å². The van der Waals surface area contributed by atoms with Crippen LogP contribution in [0.25, 0.3) is 11.0 Å². The number of aromatic carboxylic acids is 1. The molecule has 1 N–H and O–H groups in total. The van der Waals surface area contributed by atoms with Crippen molar-refractivity contribution in [2.45, 2.75) is 18.9 Å². The molecular formula is C11H6F6N2O2. The van der Waals surface area contributed by atoms with Crippen molar-refractivity contribution in [2.75, 3.05) is 0 Å². The normalized spacial score (nSPS) is 12.9. The van der Waals surface area contributed by atoms with Crippen molar-refractivity contribution in [1.29, 1.82) is 0 Å². The average molecular weight is 312 g/mol. The van der Waals surface area contributed by atoms with E-state index in [4.69, 9.17) is 5.11 Å². The standard InChI is InChI=1S/C11H6F6N2O2/c12-10(13,14)4-19-7-5(8(20)21)2-1-3-6(7)18-9(19)11(15,16)17/h1-3H,4H2,(H,20,21). The number of rotatable bonds is 2. The minimum absolute atomic E-state index is 0.168. The zero-order valence-electron chi connectivity index (χ0n) is 9.96. The van der Waals surface area contributed by atoms with Crippen molar-refractivity contribution in [3.05, 3.63) is 29.6 Å². The van der Waals surface area contributed by atoms with E-state index in [0.717, 1.165) is 18.2 Å². The highest BCUT2D eigenvalue weighted by Gasteiger charge is 2.41. The largest absolute Gasteiger partial charge is 0.478 e. The third kappa shape index (κ3) is 2.93. The highest BCUT2D eigenvalue weighted by molar-refractivity contribution is 6.01. The molecule has 0 unspecified atom stereocenters. The summed E-state index contributed by atoms with van der Waals surface area (Å²) >= 11 is 0. The second-order valence-corrected chi connectivity index (χ2v) is 4.11. The molecule has 0 atom stereocenters. The zero-order chi connectivity index (χ0) is 16.0. The number of halogens is 6. The first-order valence-electron chi connectivity index (χ1n) is 5.37. The first-order chi connectivity index (χ1) is 9.50. The lowest BCUT2D eigenvalue weighted by molar-refractivity contribution is -0.160. The lowest BCUT2D eigenvalue weighted by Gasteiger charge is -2.14. The molecule has 0 aliphatic rings. The Bertz CT molecular complexity index is 701. The number of para-hydroxylation sites is 1. The Balaban J connectivity index is 2.83. The van der Waals surface area contributed by atoms with E-state index in [-0.39, 0.29) is 4.57 Å². The molecule has 1 heterocycles. The van der Waals surface area contributed by atoms with Crippen LogP contribution in [-0.4, -0.2) is 26.8 Å². The zero-order valence-corrected chi connectivity index (χ0v) is 9.96. The van der Waals surface area contributed by atoms with E-state index in [1.54, 1.807) is 0 Å². The maximum atomic E-state index is 12.8. The van der Waals surface area contributed by atoms with Gasteiger partial charge in [-0.25, -0.2) is 9.78 Å². The number of fused-ring (bicyclic) bond motifs is 1. The fourth-order valence-electron chi connectivity index (χ4n) is 1.91. The highest BCUT2D eigenvalue weighted by Crippen LogP contribution is 2.34. The van der Waals surface area contributed by atoms with Crippen LogP contribution >= 0.6 is 0 Å². The highest BCUT2D eigenvalue weighted by atomic mass is 19.4. The Labute approximate surface area is 112 Å². The van der Waals surface area contributed by atoms with Crippen molar-refractivity contribution in [2.24, 2.45) is 0 Å². The van der Waals surface area contributed by atoms with Crippen molar-refractivity contribution in [1.82, 2.24) is 9.55 Å². The SMILES string of the molecule is O=C(O)c1cccc2nc(C(F)(F)F)n(CC(F)(F)F)c12. The van der Waals surface area contributed by atoms with Gasteiger partial charge in [0.05, 0.1) is 16.6 Å². The van der Waals surface area contributed by atoms with Gasteiger partial charge < -0.3 is 9.67 Å². The van der Waals surface area contributed by atoms with Gasteiger partial charge in [-0.05, 0) is 12.1 Å². The summed E-state index contributed by atoms with van der Waals surface area (Å²) in [6.45, 7) is -1.98. The van der Waals surface area contributed by atoms with Crippen LogP contribution in [0.3, 0.4) is 0 Å². The summed E-state index contributed by atoms with van der Waals surface area (Å²) in [5, 5.41) is 8.91. The molecule has 0 spiro atoms. The molecule has 1 aromatic heterocycles. The third-order valence-electron chi connectivity index (χ3n) is 2.59. The first-order valence-corrected chi connectivity index (χ1v) is 5.37. The molecule has 114 valence electrons. The van der Waals surface area contributed by atoms with E-state index in [1.165, 1.54) is 0 Å². The van der Waals surface area contributed by atoms with Gasteiger partial charge in [-0.2, -0.15) is 26.3 Å². The van der Waals surface area contributed by atoms with E-state index in [2.05, 4.69) is 4.98 Å². The number of benzene rings is 1. The Morgan fingerprint density at radius 1 is 1.19 bits per heavy atom. The quantitative estimate of drug-likeness (QED) is 0.866. The Morgan fingerprint density at radius 2 is 1.81 bits per heavy atom. The van der Waals surface area contributed by atoms with E-state index < -0.39 is 47.3 Å². The molecule has 10 heteroatoms. The fourth-order valence-corrected chi connectivity index (χ4v) is 1.91. The number of imidazole rings is 1. The fraction of sp³-hybridized carbons (Fsp3) is 0.273. The third-order valence-corrected chi connectivity index (χ3v) is 2.59. The predicted octanol–water partition coefficient (Wildman–Crippen LogP) is 3.32. The number of aromatic nitrogens is 2. The molecule has 1 aromatic carbocycles. The van der Waals surface area contributed by atoms with Crippen LogP contribution in [0.5, 0.6) is 0 Å². The summed E-state index contributed by atoms with van der Waals surface area (Å²) < 4.78 is 75.7. The molecule has 4 nitrogen and oxygen atoms in total. The molecular weight excluding hydrogens is 306 g/mol. The van der Waals surface area contributed by atoms with E-state index >= 15 is 0 Å². The van der Waals surface area contributed by atoms with Gasteiger partial charge in [0.25, 0.3) is 0 Å². The molecule has 0 amide bonds. The number of hydrogen-bond donors (Lipinski definition) is 1. The molecule has 2 rings (SSSR count). The Hall–Kier alpha value is -2.26. The monoisotopic (exact) mass is 312 g/mol. The van der Waals surface area contributed by atoms with Crippen molar-refractivity contribution < 1.29 is 36.2 Å². The van der Waals surface area contributed by atoms with Gasteiger partial charge in [0.2, 0.25) is 5.82 Å². The van der Waals surface area contributed by atoms with Gasteiger partial charge in [-0.1, -0.05) is 6.07 Å². The van der Waals surface area contributed by atoms with Crippen LogP contribution in [0, 0.1) is 0 Å². The number of carboxylic acid groups (broad SMARTS) is 1. The minimum atomic E-state index is -5.14. The molecule has 0 fully saturated rings. The predicted molar refractivity (Wildman–Crippen MR) is 57.7 cm³/mol. The summed E-state index contributed by atoms with van der Waals surface area (Å²) in [4.78, 5) is 14.1. The first kappa shape index (κ1) is 15.1. The number of carbonyl (C=O) groups is 1. The average Bonchev–Trinajstić information content (AvgIpc) is 2.65. The molecule has 0 radical (unpaired) electrons. The van der Waals surface area contributed by atoms with Crippen LogP contribution in [0.2, 0.25) is 0 Å². The van der Waals surface area contributed by atoms with Gasteiger partial charge in [0.15, 0.2) is 0 Å². The summed E-state index contributed by atoms with van der Waals surface area (Å²) in [5.41, 5.74) is -1.86. The number of carboxylic acids is 1. The smallest absolute Gasteiger partial charge is 0.449 e. The summed E-state index contributed by atoms with van der Waals surface area (Å²) in [6.07, 6.45) is -10.1. The van der Waals surface area contributed by atoms with Gasteiger partial charge in [-0.15, -0.1) is 0 Å². The molecule has 0 aliphatic carbocycles. The number of nitrogens with zero attached hydrogens (tertiary/aromatic N) is 2. The van der Waals surface area contributed by atoms with Crippen molar-refractivity contribution >= 4 is 17.0 Å². The lowest BCUT2D eigenvalue weighted by atomic mass is 10.2. The van der Waals surface area contributed by atoms with Crippen molar-refractivity contribution in [3.63, 3.8) is 0 Å². The maximum Gasteiger partial charge on any atom is 0.449 e. The van der Waals surface area contributed by atoms with Crippen LogP contribution < -0.4 is 0 Å². The summed E-state index contributed by atoms with van der Waals surface area (Å²) in [5.74, 6) is -3.43. The second kappa shape index (κ2) is 4.64. The van der Waals surface area contributed by atoms with E-state index in [1.807, 2.05) is 0 Å². The summed E-state index contributed by atoms with van der Waals surface area (Å²) in [7, 11) is 0. The lowest BCUT2D eigenvalue weighted by Crippen LogP contribution is -2.23. The topological polar surface area (TPSA) is 55.1 Å². The second-order valence-electron chi connectivity index (χ2n) is 4.11. The van der Waals surface area contributed by atoms with E-state index in [0.29, 0.717) is 0 Å². The number of hydrogen-bond acceptors (Lipinski definition) is 2. The number of alkyl halides is 6. The molecule has 0 saturated heterocycles. The van der Waals surface area contributed by atoms with Crippen molar-refractivity contribution in [3.8, 4) is 0 Å². The van der Waals surface area contributed by atoms with E-state index in [9.17, 15) is 31.1 Å². The molecule has 2 aromatic rings. The Morgan fingerprint density at radius 3 is 2.29 bits per heavy atom. The molecule has 0 saturated carbocycles. The van der Waals surface area contributed by atoms with Gasteiger partial charge >= 0.3 is 18.3 Å². The molecule has 0 aliphatic heterocycles. The van der Waals surface area contributed by atoms with Gasteiger partial charge in [0.1, 0.15) is 6.54 Å². The molecule has 21 heavy (non-hydrogen) atoms. The van der Waals surface area contributed by atoms with Gasteiger partial charge in [-0.3, -0.25) is 0 Å². The summed E-state index contributed by atoms with van der Waals surface area (Å²) in [6, 6.07) is 3.04. The van der Waals surface area contributed by atoms with Crippen LogP contribution in [-0.2, 0) is 12.7 Å². The van der Waals surface area contributed by atoms with Crippen LogP contribution in [0.4, 0.5) is 26.3 Å². The Kier molecular flexibility index (Phi) is 3.34.